The Labute approximate surface area is 150 Å². The Kier molecular flexibility index (Phi) is 4.90. The van der Waals surface area contributed by atoms with Gasteiger partial charge in [-0.3, -0.25) is 9.59 Å². The highest BCUT2D eigenvalue weighted by Gasteiger charge is 2.13. The number of hydrogen-bond donors (Lipinski definition) is 2. The lowest BCUT2D eigenvalue weighted by atomic mass is 10.3. The molecule has 0 saturated carbocycles. The molecule has 3 rings (SSSR count). The first-order chi connectivity index (χ1) is 12.4. The number of nitrogens with one attached hydrogen (secondary N) is 1. The number of pyridine rings is 1. The van der Waals surface area contributed by atoms with E-state index in [1.165, 1.54) is 30.5 Å². The van der Waals surface area contributed by atoms with Crippen LogP contribution in [0.2, 0.25) is 0 Å². The molecule has 2 heterocycles. The fraction of sp³-hybridized carbons (Fsp3) is 0. The number of hydrogen-bond acceptors (Lipinski definition) is 5. The van der Waals surface area contributed by atoms with E-state index in [2.05, 4.69) is 10.3 Å². The first kappa shape index (κ1) is 17.5. The molecular formula is C17H11F2N3O3S. The number of rotatable bonds is 5. The van der Waals surface area contributed by atoms with Crippen LogP contribution < -0.4 is 15.8 Å². The van der Waals surface area contributed by atoms with Gasteiger partial charge in [0.05, 0.1) is 21.6 Å². The van der Waals surface area contributed by atoms with Crippen LogP contribution >= 0.6 is 11.3 Å². The molecule has 0 unspecified atom stereocenters. The molecule has 3 aromatic rings. The number of thiophene rings is 1. The standard InChI is InChI=1S/C17H11F2N3O3S/c18-9-1-3-12(11(19)7-9)25-15-6-2-10(8-21-15)22-17(24)14-5-4-13(26-14)16(20)23/h1-8H,(H2,20,23)(H,22,24). The molecule has 6 nitrogen and oxygen atoms in total. The van der Waals surface area contributed by atoms with Crippen LogP contribution in [-0.4, -0.2) is 16.8 Å². The highest BCUT2D eigenvalue weighted by atomic mass is 32.1. The van der Waals surface area contributed by atoms with Gasteiger partial charge in [-0.25, -0.2) is 13.8 Å². The summed E-state index contributed by atoms with van der Waals surface area (Å²) in [5.74, 6) is -2.71. The van der Waals surface area contributed by atoms with Gasteiger partial charge in [-0.1, -0.05) is 0 Å². The number of anilines is 1. The predicted octanol–water partition coefficient (Wildman–Crippen LogP) is 3.56. The highest BCUT2D eigenvalue weighted by Crippen LogP contribution is 2.24. The normalized spacial score (nSPS) is 10.4. The third-order valence-corrected chi connectivity index (χ3v) is 4.27. The first-order valence-corrected chi connectivity index (χ1v) is 8.04. The molecule has 2 aromatic heterocycles. The van der Waals surface area contributed by atoms with Gasteiger partial charge in [0.1, 0.15) is 5.82 Å². The van der Waals surface area contributed by atoms with Crippen molar-refractivity contribution < 1.29 is 23.1 Å². The lowest BCUT2D eigenvalue weighted by Gasteiger charge is -2.07. The van der Waals surface area contributed by atoms with Gasteiger partial charge in [-0.05, 0) is 30.3 Å². The van der Waals surface area contributed by atoms with Gasteiger partial charge < -0.3 is 15.8 Å². The molecule has 0 bridgehead atoms. The van der Waals surface area contributed by atoms with Crippen LogP contribution in [0, 0.1) is 11.6 Å². The van der Waals surface area contributed by atoms with Crippen molar-refractivity contribution in [3.05, 3.63) is 70.1 Å². The van der Waals surface area contributed by atoms with Gasteiger partial charge in [0.2, 0.25) is 5.88 Å². The lowest BCUT2D eigenvalue weighted by molar-refractivity contribution is 0.100. The van der Waals surface area contributed by atoms with Crippen molar-refractivity contribution in [1.82, 2.24) is 4.98 Å². The number of carbonyl (C=O) groups is 2. The quantitative estimate of drug-likeness (QED) is 0.713. The zero-order valence-electron chi connectivity index (χ0n) is 13.0. The third-order valence-electron chi connectivity index (χ3n) is 3.18. The maximum absolute atomic E-state index is 13.6. The van der Waals surface area contributed by atoms with Gasteiger partial charge in [0, 0.05) is 12.1 Å². The summed E-state index contributed by atoms with van der Waals surface area (Å²) in [4.78, 5) is 27.7. The fourth-order valence-corrected chi connectivity index (χ4v) is 2.72. The van der Waals surface area contributed by atoms with Crippen LogP contribution in [0.25, 0.3) is 0 Å². The van der Waals surface area contributed by atoms with Crippen LogP contribution in [0.3, 0.4) is 0 Å². The smallest absolute Gasteiger partial charge is 0.265 e. The molecule has 0 saturated heterocycles. The van der Waals surface area contributed by atoms with Crippen molar-refractivity contribution in [2.24, 2.45) is 5.73 Å². The molecule has 0 atom stereocenters. The van der Waals surface area contributed by atoms with Gasteiger partial charge in [-0.15, -0.1) is 11.3 Å². The van der Waals surface area contributed by atoms with E-state index >= 15 is 0 Å². The second kappa shape index (κ2) is 7.28. The van der Waals surface area contributed by atoms with Crippen LogP contribution in [0.5, 0.6) is 11.6 Å². The zero-order valence-corrected chi connectivity index (χ0v) is 13.8. The number of ether oxygens (including phenoxy) is 1. The number of nitrogens with two attached hydrogens (primary N) is 1. The molecule has 9 heteroatoms. The molecule has 0 aliphatic rings. The number of primary amides is 1. The largest absolute Gasteiger partial charge is 0.436 e. The monoisotopic (exact) mass is 375 g/mol. The summed E-state index contributed by atoms with van der Waals surface area (Å²) in [6.45, 7) is 0. The second-order valence-electron chi connectivity index (χ2n) is 5.04. The van der Waals surface area contributed by atoms with E-state index < -0.39 is 23.4 Å². The van der Waals surface area contributed by atoms with E-state index in [4.69, 9.17) is 10.5 Å². The zero-order chi connectivity index (χ0) is 18.7. The maximum Gasteiger partial charge on any atom is 0.265 e. The first-order valence-electron chi connectivity index (χ1n) is 7.22. The number of aromatic nitrogens is 1. The number of amides is 2. The Morgan fingerprint density at radius 2 is 1.85 bits per heavy atom. The molecule has 26 heavy (non-hydrogen) atoms. The molecule has 0 spiro atoms. The second-order valence-corrected chi connectivity index (χ2v) is 6.13. The Hall–Kier alpha value is -3.33. The average molecular weight is 375 g/mol. The number of carbonyl (C=O) groups excluding carboxylic acids is 2. The summed E-state index contributed by atoms with van der Waals surface area (Å²) in [5.41, 5.74) is 5.52. The Morgan fingerprint density at radius 1 is 1.08 bits per heavy atom. The van der Waals surface area contributed by atoms with Crippen LogP contribution in [0.15, 0.2) is 48.7 Å². The lowest BCUT2D eigenvalue weighted by Crippen LogP contribution is -2.11. The molecule has 0 fully saturated rings. The van der Waals surface area contributed by atoms with Crippen LogP contribution in [0.1, 0.15) is 19.3 Å². The summed E-state index contributed by atoms with van der Waals surface area (Å²) < 4.78 is 31.6. The van der Waals surface area contributed by atoms with E-state index in [1.807, 2.05) is 0 Å². The molecule has 0 aliphatic heterocycles. The Morgan fingerprint density at radius 3 is 2.46 bits per heavy atom. The Balaban J connectivity index is 1.67. The van der Waals surface area contributed by atoms with E-state index in [0.29, 0.717) is 16.6 Å². The van der Waals surface area contributed by atoms with Crippen molar-refractivity contribution in [1.29, 1.82) is 0 Å². The SMILES string of the molecule is NC(=O)c1ccc(C(=O)Nc2ccc(Oc3ccc(F)cc3F)nc2)s1. The number of halogens is 2. The van der Waals surface area contributed by atoms with Crippen molar-refractivity contribution in [2.45, 2.75) is 0 Å². The molecule has 0 aliphatic carbocycles. The summed E-state index contributed by atoms with van der Waals surface area (Å²) >= 11 is 0.972. The van der Waals surface area contributed by atoms with Crippen molar-refractivity contribution in [3.8, 4) is 11.6 Å². The molecular weight excluding hydrogens is 364 g/mol. The fourth-order valence-electron chi connectivity index (χ4n) is 1.97. The van der Waals surface area contributed by atoms with E-state index in [9.17, 15) is 18.4 Å². The summed E-state index contributed by atoms with van der Waals surface area (Å²) in [5, 5.41) is 2.60. The van der Waals surface area contributed by atoms with Gasteiger partial charge in [0.25, 0.3) is 11.8 Å². The molecule has 132 valence electrons. The Bertz CT molecular complexity index is 974. The minimum Gasteiger partial charge on any atom is -0.436 e. The molecule has 1 aromatic carbocycles. The van der Waals surface area contributed by atoms with Gasteiger partial charge >= 0.3 is 0 Å². The third kappa shape index (κ3) is 4.01. The molecule has 3 N–H and O–H groups in total. The molecule has 2 amide bonds. The van der Waals surface area contributed by atoms with Crippen molar-refractivity contribution in [3.63, 3.8) is 0 Å². The minimum absolute atomic E-state index is 0.0700. The van der Waals surface area contributed by atoms with E-state index in [1.54, 1.807) is 0 Å². The van der Waals surface area contributed by atoms with Crippen molar-refractivity contribution >= 4 is 28.8 Å². The maximum atomic E-state index is 13.6. The van der Waals surface area contributed by atoms with Crippen LogP contribution in [-0.2, 0) is 0 Å². The van der Waals surface area contributed by atoms with Gasteiger partial charge in [-0.2, -0.15) is 0 Å². The van der Waals surface area contributed by atoms with Crippen molar-refractivity contribution in [2.75, 3.05) is 5.32 Å². The predicted molar refractivity (Wildman–Crippen MR) is 91.5 cm³/mol. The van der Waals surface area contributed by atoms with E-state index in [0.717, 1.165) is 23.5 Å². The minimum atomic E-state index is -0.855. The summed E-state index contributed by atoms with van der Waals surface area (Å²) in [6, 6.07) is 8.79. The number of benzene rings is 1. The van der Waals surface area contributed by atoms with E-state index in [-0.39, 0.29) is 16.5 Å². The summed E-state index contributed by atoms with van der Waals surface area (Å²) in [6.07, 6.45) is 1.32. The van der Waals surface area contributed by atoms with Crippen LogP contribution in [0.4, 0.5) is 14.5 Å². The average Bonchev–Trinajstić information content (AvgIpc) is 3.09. The van der Waals surface area contributed by atoms with Gasteiger partial charge in [0.15, 0.2) is 11.6 Å². The highest BCUT2D eigenvalue weighted by molar-refractivity contribution is 7.16. The number of nitrogens with zero attached hydrogens (tertiary/aromatic N) is 1. The topological polar surface area (TPSA) is 94.3 Å². The molecule has 0 radical (unpaired) electrons. The summed E-state index contributed by atoms with van der Waals surface area (Å²) in [7, 11) is 0.